The van der Waals surface area contributed by atoms with Crippen molar-refractivity contribution < 1.29 is 21.6 Å². The minimum Gasteiger partial charge on any atom is -0.303 e. The van der Waals surface area contributed by atoms with Gasteiger partial charge in [-0.25, -0.2) is 8.42 Å². The van der Waals surface area contributed by atoms with E-state index < -0.39 is 21.8 Å². The van der Waals surface area contributed by atoms with Crippen LogP contribution in [-0.2, 0) is 28.0 Å². The number of nitrogens with one attached hydrogen (secondary N) is 1. The molecule has 0 aliphatic carbocycles. The molecule has 1 N–H and O–H groups in total. The van der Waals surface area contributed by atoms with E-state index in [2.05, 4.69) is 23.5 Å². The van der Waals surface area contributed by atoms with Gasteiger partial charge in [0.2, 0.25) is 10.0 Å². The standard InChI is InChI=1S/C23H29F3N2O2S/c1-17-16-28(12-10-18-6-4-8-20(14-18)23(24,25)26)13-11-22(17,2)19-7-5-9-21(15-19)27-31(3,29)30/h4-9,14-15,17,27H,10-13,16H2,1-3H3/t17-,22-/m0/s1. The Hall–Kier alpha value is -2.06. The van der Waals surface area contributed by atoms with Crippen LogP contribution in [0.4, 0.5) is 18.9 Å². The van der Waals surface area contributed by atoms with Crippen LogP contribution in [0.5, 0.6) is 0 Å². The first kappa shape index (κ1) is 23.6. The molecule has 1 aliphatic rings. The van der Waals surface area contributed by atoms with Gasteiger partial charge < -0.3 is 4.90 Å². The van der Waals surface area contributed by atoms with Crippen molar-refractivity contribution in [1.29, 1.82) is 0 Å². The molecule has 4 nitrogen and oxygen atoms in total. The first-order chi connectivity index (χ1) is 14.4. The largest absolute Gasteiger partial charge is 0.416 e. The summed E-state index contributed by atoms with van der Waals surface area (Å²) in [5.41, 5.74) is 1.62. The molecule has 0 radical (unpaired) electrons. The number of sulfonamides is 1. The average molecular weight is 455 g/mol. The third-order valence-corrected chi connectivity index (χ3v) is 6.97. The van der Waals surface area contributed by atoms with Gasteiger partial charge in [-0.05, 0) is 60.0 Å². The van der Waals surface area contributed by atoms with Crippen LogP contribution in [-0.4, -0.2) is 39.2 Å². The van der Waals surface area contributed by atoms with Crippen LogP contribution < -0.4 is 4.72 Å². The smallest absolute Gasteiger partial charge is 0.303 e. The SMILES string of the molecule is C[C@H]1CN(CCc2cccc(C(F)(F)F)c2)CC[C@]1(C)c1cccc(NS(C)(=O)=O)c1. The molecular formula is C23H29F3N2O2S. The van der Waals surface area contributed by atoms with Crippen molar-refractivity contribution in [2.24, 2.45) is 5.92 Å². The highest BCUT2D eigenvalue weighted by Gasteiger charge is 2.38. The zero-order chi connectivity index (χ0) is 22.9. The number of rotatable bonds is 6. The molecule has 1 fully saturated rings. The van der Waals surface area contributed by atoms with Gasteiger partial charge in [-0.15, -0.1) is 0 Å². The van der Waals surface area contributed by atoms with Crippen molar-refractivity contribution in [3.63, 3.8) is 0 Å². The minimum absolute atomic E-state index is 0.109. The van der Waals surface area contributed by atoms with Crippen molar-refractivity contribution in [1.82, 2.24) is 4.90 Å². The van der Waals surface area contributed by atoms with Crippen molar-refractivity contribution >= 4 is 15.7 Å². The number of hydrogen-bond acceptors (Lipinski definition) is 3. The second kappa shape index (κ2) is 8.82. The van der Waals surface area contributed by atoms with Gasteiger partial charge in [0, 0.05) is 18.8 Å². The Labute approximate surface area is 182 Å². The van der Waals surface area contributed by atoms with Gasteiger partial charge in [-0.3, -0.25) is 4.72 Å². The molecule has 1 aliphatic heterocycles. The van der Waals surface area contributed by atoms with Crippen LogP contribution >= 0.6 is 0 Å². The Kier molecular flexibility index (Phi) is 6.72. The highest BCUT2D eigenvalue weighted by Crippen LogP contribution is 2.40. The van der Waals surface area contributed by atoms with Crippen LogP contribution in [0.25, 0.3) is 0 Å². The van der Waals surface area contributed by atoms with E-state index in [-0.39, 0.29) is 5.41 Å². The predicted octanol–water partition coefficient (Wildman–Crippen LogP) is 4.92. The molecule has 1 heterocycles. The Bertz CT molecular complexity index is 1020. The van der Waals surface area contributed by atoms with E-state index in [1.54, 1.807) is 12.1 Å². The van der Waals surface area contributed by atoms with Crippen LogP contribution in [0.2, 0.25) is 0 Å². The van der Waals surface area contributed by atoms with Gasteiger partial charge in [0.15, 0.2) is 0 Å². The summed E-state index contributed by atoms with van der Waals surface area (Å²) in [6.45, 7) is 6.74. The highest BCUT2D eigenvalue weighted by molar-refractivity contribution is 7.92. The van der Waals surface area contributed by atoms with Crippen LogP contribution in [0.3, 0.4) is 0 Å². The van der Waals surface area contributed by atoms with E-state index >= 15 is 0 Å². The number of hydrogen-bond donors (Lipinski definition) is 1. The number of likely N-dealkylation sites (tertiary alicyclic amines) is 1. The number of anilines is 1. The summed E-state index contributed by atoms with van der Waals surface area (Å²) in [4.78, 5) is 2.30. The molecule has 2 aromatic carbocycles. The lowest BCUT2D eigenvalue weighted by atomic mass is 9.68. The van der Waals surface area contributed by atoms with E-state index in [1.165, 1.54) is 12.1 Å². The number of halogens is 3. The second-order valence-corrected chi connectivity index (χ2v) is 10.5. The Morgan fingerprint density at radius 3 is 2.52 bits per heavy atom. The summed E-state index contributed by atoms with van der Waals surface area (Å²) in [6, 6.07) is 13.1. The van der Waals surface area contributed by atoms with E-state index in [4.69, 9.17) is 0 Å². The maximum Gasteiger partial charge on any atom is 0.416 e. The number of benzene rings is 2. The van der Waals surface area contributed by atoms with Gasteiger partial charge >= 0.3 is 6.18 Å². The predicted molar refractivity (Wildman–Crippen MR) is 118 cm³/mol. The van der Waals surface area contributed by atoms with Gasteiger partial charge in [0.25, 0.3) is 0 Å². The van der Waals surface area contributed by atoms with E-state index in [0.29, 0.717) is 30.1 Å². The van der Waals surface area contributed by atoms with Crippen LogP contribution in [0.1, 0.15) is 37.0 Å². The normalized spacial score (nSPS) is 23.0. The van der Waals surface area contributed by atoms with Crippen LogP contribution in [0, 0.1) is 5.92 Å². The first-order valence-corrected chi connectivity index (χ1v) is 12.2. The molecule has 0 saturated carbocycles. The topological polar surface area (TPSA) is 49.4 Å². The Balaban J connectivity index is 1.65. The Morgan fingerprint density at radius 1 is 1.16 bits per heavy atom. The molecule has 31 heavy (non-hydrogen) atoms. The van der Waals surface area contributed by atoms with E-state index in [9.17, 15) is 21.6 Å². The fraction of sp³-hybridized carbons (Fsp3) is 0.478. The lowest BCUT2D eigenvalue weighted by molar-refractivity contribution is -0.137. The van der Waals surface area contributed by atoms with Crippen molar-refractivity contribution in [3.8, 4) is 0 Å². The molecule has 0 spiro atoms. The lowest BCUT2D eigenvalue weighted by Crippen LogP contribution is -2.47. The van der Waals surface area contributed by atoms with Gasteiger partial charge in [-0.1, -0.05) is 44.2 Å². The van der Waals surface area contributed by atoms with Gasteiger partial charge in [0.05, 0.1) is 11.8 Å². The molecule has 0 bridgehead atoms. The van der Waals surface area contributed by atoms with E-state index in [1.807, 2.05) is 18.2 Å². The van der Waals surface area contributed by atoms with Crippen LogP contribution in [0.15, 0.2) is 48.5 Å². The summed E-state index contributed by atoms with van der Waals surface area (Å²) in [5, 5.41) is 0. The third-order valence-electron chi connectivity index (χ3n) is 6.36. The van der Waals surface area contributed by atoms with Crippen molar-refractivity contribution in [2.75, 3.05) is 30.6 Å². The Morgan fingerprint density at radius 2 is 1.87 bits per heavy atom. The van der Waals surface area contributed by atoms with Gasteiger partial charge in [0.1, 0.15) is 0 Å². The monoisotopic (exact) mass is 454 g/mol. The molecule has 2 aromatic rings. The summed E-state index contributed by atoms with van der Waals surface area (Å²) >= 11 is 0. The summed E-state index contributed by atoms with van der Waals surface area (Å²) < 4.78 is 64.5. The zero-order valence-corrected chi connectivity index (χ0v) is 18.9. The molecular weight excluding hydrogens is 425 g/mol. The van der Waals surface area contributed by atoms with Crippen molar-refractivity contribution in [3.05, 3.63) is 65.2 Å². The zero-order valence-electron chi connectivity index (χ0n) is 18.0. The minimum atomic E-state index is -4.32. The highest BCUT2D eigenvalue weighted by atomic mass is 32.2. The summed E-state index contributed by atoms with van der Waals surface area (Å²) in [5.74, 6) is 0.302. The van der Waals surface area contributed by atoms with E-state index in [0.717, 1.165) is 37.4 Å². The maximum atomic E-state index is 12.9. The molecule has 8 heteroatoms. The summed E-state index contributed by atoms with van der Waals surface area (Å²) in [7, 11) is -3.34. The molecule has 0 aromatic heterocycles. The first-order valence-electron chi connectivity index (χ1n) is 10.3. The van der Waals surface area contributed by atoms with Gasteiger partial charge in [-0.2, -0.15) is 13.2 Å². The molecule has 1 saturated heterocycles. The number of piperidine rings is 1. The molecule has 2 atom stereocenters. The molecule has 0 amide bonds. The maximum absolute atomic E-state index is 12.9. The fourth-order valence-electron chi connectivity index (χ4n) is 4.29. The number of alkyl halides is 3. The molecule has 3 rings (SSSR count). The molecule has 0 unspecified atom stereocenters. The average Bonchev–Trinajstić information content (AvgIpc) is 2.67. The summed E-state index contributed by atoms with van der Waals surface area (Å²) in [6.07, 6.45) is -1.73. The number of nitrogens with zero attached hydrogens (tertiary/aromatic N) is 1. The quantitative estimate of drug-likeness (QED) is 0.674. The third kappa shape index (κ3) is 6.01. The second-order valence-electron chi connectivity index (χ2n) is 8.77. The molecule has 170 valence electrons. The lowest BCUT2D eigenvalue weighted by Gasteiger charge is -2.45. The fourth-order valence-corrected chi connectivity index (χ4v) is 4.85. The van der Waals surface area contributed by atoms with Crippen molar-refractivity contribution in [2.45, 2.75) is 38.3 Å².